The van der Waals surface area contributed by atoms with Crippen molar-refractivity contribution in [3.8, 4) is 11.5 Å². The van der Waals surface area contributed by atoms with Gasteiger partial charge in [-0.1, -0.05) is 12.2 Å². The molecule has 0 spiro atoms. The third kappa shape index (κ3) is 3.63. The summed E-state index contributed by atoms with van der Waals surface area (Å²) < 4.78 is 5.24. The molecule has 0 radical (unpaired) electrons. The molecule has 3 nitrogen and oxygen atoms in total. The van der Waals surface area contributed by atoms with E-state index in [0.717, 1.165) is 0 Å². The first-order valence-corrected chi connectivity index (χ1v) is 5.52. The van der Waals surface area contributed by atoms with Crippen molar-refractivity contribution in [1.29, 1.82) is 0 Å². The van der Waals surface area contributed by atoms with E-state index >= 15 is 0 Å². The average molecular weight is 234 g/mol. The maximum Gasteiger partial charge on any atom is 0.316 e. The van der Waals surface area contributed by atoms with Crippen LogP contribution < -0.4 is 4.74 Å². The van der Waals surface area contributed by atoms with E-state index in [9.17, 15) is 9.90 Å². The van der Waals surface area contributed by atoms with Crippen molar-refractivity contribution in [1.82, 2.24) is 0 Å². The molecule has 0 aliphatic rings. The van der Waals surface area contributed by atoms with Gasteiger partial charge in [0.2, 0.25) is 0 Å². The number of aromatic hydroxyl groups is 1. The van der Waals surface area contributed by atoms with Gasteiger partial charge in [0.25, 0.3) is 0 Å². The monoisotopic (exact) mass is 234 g/mol. The van der Waals surface area contributed by atoms with Crippen LogP contribution in [0, 0.1) is 5.41 Å². The van der Waals surface area contributed by atoms with E-state index in [2.05, 4.69) is 0 Å². The molecule has 1 N–H and O–H groups in total. The number of benzene rings is 1. The molecule has 0 aromatic heterocycles. The van der Waals surface area contributed by atoms with Crippen LogP contribution in [0.1, 0.15) is 33.3 Å². The Kier molecular flexibility index (Phi) is 3.94. The molecule has 1 rings (SSSR count). The van der Waals surface area contributed by atoms with Crippen molar-refractivity contribution in [2.75, 3.05) is 0 Å². The second-order valence-corrected chi connectivity index (χ2v) is 4.86. The van der Waals surface area contributed by atoms with Crippen molar-refractivity contribution in [2.45, 2.75) is 27.7 Å². The van der Waals surface area contributed by atoms with E-state index in [1.807, 2.05) is 13.0 Å². The molecule has 17 heavy (non-hydrogen) atoms. The van der Waals surface area contributed by atoms with Crippen molar-refractivity contribution in [3.63, 3.8) is 0 Å². The summed E-state index contributed by atoms with van der Waals surface area (Å²) in [5, 5.41) is 9.57. The predicted molar refractivity (Wildman–Crippen MR) is 67.9 cm³/mol. The molecule has 0 bridgehead atoms. The van der Waals surface area contributed by atoms with Crippen LogP contribution in [-0.2, 0) is 4.79 Å². The quantitative estimate of drug-likeness (QED) is 0.630. The maximum atomic E-state index is 11.7. The number of phenols is 1. The molecule has 3 heteroatoms. The van der Waals surface area contributed by atoms with Gasteiger partial charge in [0.1, 0.15) is 11.5 Å². The third-order valence-electron chi connectivity index (χ3n) is 2.17. The van der Waals surface area contributed by atoms with Gasteiger partial charge in [0, 0.05) is 5.56 Å². The van der Waals surface area contributed by atoms with Crippen LogP contribution in [-0.4, -0.2) is 11.1 Å². The second-order valence-electron chi connectivity index (χ2n) is 4.86. The highest BCUT2D eigenvalue weighted by atomic mass is 16.5. The van der Waals surface area contributed by atoms with Gasteiger partial charge < -0.3 is 9.84 Å². The highest BCUT2D eigenvalue weighted by Gasteiger charge is 2.23. The van der Waals surface area contributed by atoms with E-state index in [0.29, 0.717) is 11.3 Å². The zero-order chi connectivity index (χ0) is 13.1. The fourth-order valence-electron chi connectivity index (χ4n) is 1.17. The molecule has 1 aromatic rings. The number of hydrogen-bond donors (Lipinski definition) is 1. The predicted octanol–water partition coefficient (Wildman–Crippen LogP) is 3.38. The minimum atomic E-state index is -0.543. The van der Waals surface area contributed by atoms with Gasteiger partial charge in [0.15, 0.2) is 0 Å². The number of phenolic OH excluding ortho intramolecular Hbond substituents is 1. The maximum absolute atomic E-state index is 11.7. The van der Waals surface area contributed by atoms with Crippen LogP contribution in [0.2, 0.25) is 0 Å². The lowest BCUT2D eigenvalue weighted by atomic mass is 9.97. The number of allylic oxidation sites excluding steroid dienone is 1. The first-order chi connectivity index (χ1) is 7.84. The summed E-state index contributed by atoms with van der Waals surface area (Å²) in [5.41, 5.74) is 0.0882. The van der Waals surface area contributed by atoms with Gasteiger partial charge in [-0.05, 0) is 45.9 Å². The minimum absolute atomic E-state index is 0.165. The van der Waals surface area contributed by atoms with Gasteiger partial charge in [-0.25, -0.2) is 0 Å². The molecule has 0 aliphatic heterocycles. The normalized spacial score (nSPS) is 11.8. The number of carbonyl (C=O) groups excluding carboxylic acids is 1. The number of hydrogen-bond acceptors (Lipinski definition) is 3. The largest absolute Gasteiger partial charge is 0.507 e. The van der Waals surface area contributed by atoms with E-state index in [4.69, 9.17) is 4.74 Å². The van der Waals surface area contributed by atoms with Gasteiger partial charge in [-0.15, -0.1) is 0 Å². The number of carbonyl (C=O) groups is 1. The molecule has 0 amide bonds. The molecule has 0 heterocycles. The molecule has 1 aromatic carbocycles. The Balaban J connectivity index is 2.94. The summed E-state index contributed by atoms with van der Waals surface area (Å²) in [6, 6.07) is 4.73. The summed E-state index contributed by atoms with van der Waals surface area (Å²) in [6.07, 6.45) is 3.56. The lowest BCUT2D eigenvalue weighted by Crippen LogP contribution is -2.25. The van der Waals surface area contributed by atoms with Crippen LogP contribution in [0.25, 0.3) is 6.08 Å². The third-order valence-corrected chi connectivity index (χ3v) is 2.17. The molecule has 92 valence electrons. The van der Waals surface area contributed by atoms with Crippen molar-refractivity contribution in [2.24, 2.45) is 5.41 Å². The van der Waals surface area contributed by atoms with Gasteiger partial charge >= 0.3 is 5.97 Å². The highest BCUT2D eigenvalue weighted by molar-refractivity contribution is 5.78. The van der Waals surface area contributed by atoms with Crippen LogP contribution in [0.5, 0.6) is 11.5 Å². The fourth-order valence-corrected chi connectivity index (χ4v) is 1.17. The van der Waals surface area contributed by atoms with Crippen molar-refractivity contribution in [3.05, 3.63) is 29.8 Å². The average Bonchev–Trinajstić information content (AvgIpc) is 2.22. The minimum Gasteiger partial charge on any atom is -0.507 e. The molecule has 0 unspecified atom stereocenters. The first kappa shape index (κ1) is 13.3. The van der Waals surface area contributed by atoms with Crippen LogP contribution >= 0.6 is 0 Å². The Labute approximate surface area is 102 Å². The Hall–Kier alpha value is -1.77. The summed E-state index contributed by atoms with van der Waals surface area (Å²) in [4.78, 5) is 11.7. The summed E-state index contributed by atoms with van der Waals surface area (Å²) in [5.74, 6) is 0.309. The number of esters is 1. The van der Waals surface area contributed by atoms with Crippen molar-refractivity contribution >= 4 is 12.0 Å². The van der Waals surface area contributed by atoms with Crippen molar-refractivity contribution < 1.29 is 14.6 Å². The van der Waals surface area contributed by atoms with E-state index in [1.165, 1.54) is 6.07 Å². The molecular formula is C14H18O3. The molecule has 0 atom stereocenters. The summed E-state index contributed by atoms with van der Waals surface area (Å²) in [6.45, 7) is 7.24. The van der Waals surface area contributed by atoms with Gasteiger partial charge in [-0.2, -0.15) is 0 Å². The Morgan fingerprint density at radius 1 is 1.35 bits per heavy atom. The van der Waals surface area contributed by atoms with Crippen LogP contribution in [0.3, 0.4) is 0 Å². The van der Waals surface area contributed by atoms with Gasteiger partial charge in [0.05, 0.1) is 5.41 Å². The topological polar surface area (TPSA) is 46.5 Å². The standard InChI is InChI=1S/C14H18O3/c1-5-6-10-9-11(7-8-12(10)15)17-13(16)14(2,3)4/h5-9,15H,1-4H3/b6-5+. The smallest absolute Gasteiger partial charge is 0.316 e. The Bertz CT molecular complexity index is 439. The highest BCUT2D eigenvalue weighted by Crippen LogP contribution is 2.26. The molecule has 0 fully saturated rings. The van der Waals surface area contributed by atoms with E-state index < -0.39 is 5.41 Å². The molecule has 0 aliphatic carbocycles. The zero-order valence-electron chi connectivity index (χ0n) is 10.7. The lowest BCUT2D eigenvalue weighted by molar-refractivity contribution is -0.143. The lowest BCUT2D eigenvalue weighted by Gasteiger charge is -2.16. The van der Waals surface area contributed by atoms with Crippen LogP contribution in [0.15, 0.2) is 24.3 Å². The van der Waals surface area contributed by atoms with Crippen LogP contribution in [0.4, 0.5) is 0 Å². The SMILES string of the molecule is C/C=C/c1cc(OC(=O)C(C)(C)C)ccc1O. The number of rotatable bonds is 2. The Morgan fingerprint density at radius 2 is 2.00 bits per heavy atom. The van der Waals surface area contributed by atoms with E-state index in [1.54, 1.807) is 39.0 Å². The molecule has 0 saturated carbocycles. The number of ether oxygens (including phenoxy) is 1. The summed E-state index contributed by atoms with van der Waals surface area (Å²) >= 11 is 0. The first-order valence-electron chi connectivity index (χ1n) is 5.52. The van der Waals surface area contributed by atoms with E-state index in [-0.39, 0.29) is 11.7 Å². The van der Waals surface area contributed by atoms with Gasteiger partial charge in [-0.3, -0.25) is 4.79 Å². The molecular weight excluding hydrogens is 216 g/mol. The zero-order valence-corrected chi connectivity index (χ0v) is 10.7. The summed E-state index contributed by atoms with van der Waals surface area (Å²) in [7, 11) is 0. The molecule has 0 saturated heterocycles. The Morgan fingerprint density at radius 3 is 2.53 bits per heavy atom. The second kappa shape index (κ2) is 5.04. The fraction of sp³-hybridized carbons (Fsp3) is 0.357.